The summed E-state index contributed by atoms with van der Waals surface area (Å²) < 4.78 is 45.3. The van der Waals surface area contributed by atoms with E-state index in [4.69, 9.17) is 4.74 Å². The zero-order valence-electron chi connectivity index (χ0n) is 14.2. The van der Waals surface area contributed by atoms with Crippen LogP contribution in [0.1, 0.15) is 18.9 Å². The molecular formula is C18H22FNO4S. The first-order chi connectivity index (χ1) is 11.7. The van der Waals surface area contributed by atoms with E-state index in [1.54, 1.807) is 6.92 Å². The summed E-state index contributed by atoms with van der Waals surface area (Å²) in [5.74, 6) is -0.796. The van der Waals surface area contributed by atoms with Crippen LogP contribution < -0.4 is 9.46 Å². The van der Waals surface area contributed by atoms with E-state index in [0.29, 0.717) is 12.8 Å². The van der Waals surface area contributed by atoms with E-state index in [2.05, 4.69) is 4.72 Å². The Bertz CT molecular complexity index is 807. The molecule has 2 rings (SSSR count). The third-order valence-corrected chi connectivity index (χ3v) is 5.27. The van der Waals surface area contributed by atoms with Crippen LogP contribution in [0.15, 0.2) is 53.4 Å². The van der Waals surface area contributed by atoms with Crippen molar-refractivity contribution in [2.75, 3.05) is 13.7 Å². The van der Waals surface area contributed by atoms with Crippen molar-refractivity contribution in [1.29, 1.82) is 0 Å². The van der Waals surface area contributed by atoms with E-state index >= 15 is 0 Å². The minimum Gasteiger partial charge on any atom is -0.494 e. The molecule has 0 spiro atoms. The smallest absolute Gasteiger partial charge is 0.240 e. The average Bonchev–Trinajstić information content (AvgIpc) is 2.59. The van der Waals surface area contributed by atoms with Gasteiger partial charge in [0.1, 0.15) is 0 Å². The number of ether oxygens (including phenoxy) is 1. The summed E-state index contributed by atoms with van der Waals surface area (Å²) in [7, 11) is -2.63. The number of aliphatic hydroxyl groups is 1. The summed E-state index contributed by atoms with van der Waals surface area (Å²) >= 11 is 0. The molecule has 25 heavy (non-hydrogen) atoms. The quantitative estimate of drug-likeness (QED) is 0.752. The Labute approximate surface area is 147 Å². The predicted octanol–water partition coefficient (Wildman–Crippen LogP) is 2.50. The highest BCUT2D eigenvalue weighted by Gasteiger charge is 2.24. The van der Waals surface area contributed by atoms with Crippen LogP contribution in [0.3, 0.4) is 0 Å². The summed E-state index contributed by atoms with van der Waals surface area (Å²) in [6, 6.07) is 13.0. The number of hydrogen-bond acceptors (Lipinski definition) is 4. The highest BCUT2D eigenvalue weighted by Crippen LogP contribution is 2.21. The average molecular weight is 367 g/mol. The summed E-state index contributed by atoms with van der Waals surface area (Å²) in [6.45, 7) is 1.39. The molecule has 0 aliphatic heterocycles. The van der Waals surface area contributed by atoms with Crippen LogP contribution in [-0.2, 0) is 16.4 Å². The first-order valence-corrected chi connectivity index (χ1v) is 9.31. The molecule has 0 radical (unpaired) electrons. The van der Waals surface area contributed by atoms with Gasteiger partial charge in [0.25, 0.3) is 0 Å². The molecule has 2 aromatic rings. The lowest BCUT2D eigenvalue weighted by Gasteiger charge is -2.23. The lowest BCUT2D eigenvalue weighted by Crippen LogP contribution is -2.40. The molecular weight excluding hydrogens is 345 g/mol. The van der Waals surface area contributed by atoms with Gasteiger partial charge in [-0.15, -0.1) is 0 Å². The van der Waals surface area contributed by atoms with Gasteiger partial charge in [-0.25, -0.2) is 17.5 Å². The van der Waals surface area contributed by atoms with Crippen molar-refractivity contribution in [1.82, 2.24) is 4.72 Å². The molecule has 7 heteroatoms. The Hall–Kier alpha value is -1.96. The fourth-order valence-electron chi connectivity index (χ4n) is 2.29. The lowest BCUT2D eigenvalue weighted by molar-refractivity contribution is 0.0565. The SMILES string of the molecule is COc1ccc(S(=O)(=O)NCC(C)(O)CCc2ccccc2)cc1F. The molecule has 1 atom stereocenters. The molecule has 0 aromatic heterocycles. The number of rotatable bonds is 8. The van der Waals surface area contributed by atoms with Gasteiger partial charge in [-0.1, -0.05) is 30.3 Å². The van der Waals surface area contributed by atoms with E-state index in [9.17, 15) is 17.9 Å². The minimum atomic E-state index is -3.93. The molecule has 1 unspecified atom stereocenters. The first-order valence-electron chi connectivity index (χ1n) is 7.83. The maximum Gasteiger partial charge on any atom is 0.240 e. The molecule has 0 saturated heterocycles. The predicted molar refractivity (Wildman–Crippen MR) is 93.5 cm³/mol. The van der Waals surface area contributed by atoms with Gasteiger partial charge < -0.3 is 9.84 Å². The summed E-state index contributed by atoms with van der Waals surface area (Å²) in [4.78, 5) is -0.218. The second-order valence-corrected chi connectivity index (χ2v) is 7.87. The Morgan fingerprint density at radius 1 is 1.20 bits per heavy atom. The van der Waals surface area contributed by atoms with E-state index in [1.807, 2.05) is 30.3 Å². The van der Waals surface area contributed by atoms with Crippen LogP contribution >= 0.6 is 0 Å². The monoisotopic (exact) mass is 367 g/mol. The molecule has 2 aromatic carbocycles. The van der Waals surface area contributed by atoms with Gasteiger partial charge in [0.05, 0.1) is 17.6 Å². The van der Waals surface area contributed by atoms with Crippen molar-refractivity contribution in [2.24, 2.45) is 0 Å². The van der Waals surface area contributed by atoms with Gasteiger partial charge in [0, 0.05) is 6.54 Å². The van der Waals surface area contributed by atoms with Crippen molar-refractivity contribution in [2.45, 2.75) is 30.3 Å². The van der Waals surface area contributed by atoms with Crippen LogP contribution in [-0.4, -0.2) is 32.8 Å². The van der Waals surface area contributed by atoms with Gasteiger partial charge >= 0.3 is 0 Å². The third-order valence-electron chi connectivity index (χ3n) is 3.87. The van der Waals surface area contributed by atoms with Crippen LogP contribution in [0, 0.1) is 5.82 Å². The number of benzene rings is 2. The maximum absolute atomic E-state index is 13.7. The number of nitrogens with one attached hydrogen (secondary N) is 1. The first kappa shape index (κ1) is 19.4. The van der Waals surface area contributed by atoms with Gasteiger partial charge in [0.2, 0.25) is 10.0 Å². The molecule has 136 valence electrons. The molecule has 2 N–H and O–H groups in total. The van der Waals surface area contributed by atoms with Crippen LogP contribution in [0.4, 0.5) is 4.39 Å². The zero-order chi connectivity index (χ0) is 18.5. The highest BCUT2D eigenvalue weighted by molar-refractivity contribution is 7.89. The molecule has 0 saturated carbocycles. The van der Waals surface area contributed by atoms with Gasteiger partial charge in [-0.05, 0) is 43.5 Å². The fourth-order valence-corrected chi connectivity index (χ4v) is 3.47. The van der Waals surface area contributed by atoms with E-state index in [0.717, 1.165) is 11.6 Å². The van der Waals surface area contributed by atoms with Crippen molar-refractivity contribution in [3.8, 4) is 5.75 Å². The molecule has 0 aliphatic carbocycles. The highest BCUT2D eigenvalue weighted by atomic mass is 32.2. The largest absolute Gasteiger partial charge is 0.494 e. The Morgan fingerprint density at radius 3 is 2.48 bits per heavy atom. The van der Waals surface area contributed by atoms with Gasteiger partial charge in [-0.3, -0.25) is 0 Å². The molecule has 0 fully saturated rings. The summed E-state index contributed by atoms with van der Waals surface area (Å²) in [5, 5.41) is 10.4. The number of halogens is 1. The number of hydrogen-bond donors (Lipinski definition) is 2. The van der Waals surface area contributed by atoms with Crippen LogP contribution in [0.5, 0.6) is 5.75 Å². The van der Waals surface area contributed by atoms with Gasteiger partial charge in [0.15, 0.2) is 11.6 Å². The molecule has 0 heterocycles. The topological polar surface area (TPSA) is 75.6 Å². The molecule has 0 amide bonds. The van der Waals surface area contributed by atoms with Crippen molar-refractivity contribution >= 4 is 10.0 Å². The Balaban J connectivity index is 1.99. The zero-order valence-corrected chi connectivity index (χ0v) is 15.0. The Kier molecular flexibility index (Phi) is 6.16. The van der Waals surface area contributed by atoms with Crippen LogP contribution in [0.2, 0.25) is 0 Å². The minimum absolute atomic E-state index is 0.0335. The van der Waals surface area contributed by atoms with Crippen LogP contribution in [0.25, 0.3) is 0 Å². The summed E-state index contributed by atoms with van der Waals surface area (Å²) in [5.41, 5.74) is -0.170. The van der Waals surface area contributed by atoms with E-state index < -0.39 is 21.4 Å². The number of aryl methyl sites for hydroxylation is 1. The second kappa shape index (κ2) is 7.95. The summed E-state index contributed by atoms with van der Waals surface area (Å²) in [6.07, 6.45) is 1.00. The number of sulfonamides is 1. The van der Waals surface area contributed by atoms with E-state index in [-0.39, 0.29) is 17.2 Å². The van der Waals surface area contributed by atoms with Crippen molar-refractivity contribution in [3.63, 3.8) is 0 Å². The normalized spacial score (nSPS) is 14.1. The second-order valence-electron chi connectivity index (χ2n) is 6.10. The fraction of sp³-hybridized carbons (Fsp3) is 0.333. The lowest BCUT2D eigenvalue weighted by atomic mass is 9.97. The maximum atomic E-state index is 13.7. The Morgan fingerprint density at radius 2 is 1.88 bits per heavy atom. The third kappa shape index (κ3) is 5.52. The van der Waals surface area contributed by atoms with Crippen molar-refractivity contribution in [3.05, 3.63) is 59.9 Å². The van der Waals surface area contributed by atoms with Crippen molar-refractivity contribution < 1.29 is 22.7 Å². The standard InChI is InChI=1S/C18H22FNO4S/c1-18(21,11-10-14-6-4-3-5-7-14)13-20-25(22,23)15-8-9-17(24-2)16(19)12-15/h3-9,12,20-21H,10-11,13H2,1-2H3. The van der Waals surface area contributed by atoms with E-state index in [1.165, 1.54) is 19.2 Å². The number of methoxy groups -OCH3 is 1. The molecule has 0 aliphatic rings. The molecule has 5 nitrogen and oxygen atoms in total. The van der Waals surface area contributed by atoms with Gasteiger partial charge in [-0.2, -0.15) is 0 Å². The molecule has 0 bridgehead atoms.